The van der Waals surface area contributed by atoms with E-state index in [2.05, 4.69) is 10.1 Å². The molecule has 1 saturated carbocycles. The second-order valence-electron chi connectivity index (χ2n) is 7.97. The summed E-state index contributed by atoms with van der Waals surface area (Å²) in [5, 5.41) is 2.81. The number of carbonyl (C=O) groups excluding carboxylic acids is 3. The summed E-state index contributed by atoms with van der Waals surface area (Å²) in [7, 11) is 4.58. The van der Waals surface area contributed by atoms with Crippen molar-refractivity contribution in [3.05, 3.63) is 53.6 Å². The van der Waals surface area contributed by atoms with Crippen LogP contribution >= 0.6 is 0 Å². The Hall–Kier alpha value is -3.55. The molecule has 1 aliphatic rings. The van der Waals surface area contributed by atoms with E-state index in [-0.39, 0.29) is 18.4 Å². The van der Waals surface area contributed by atoms with Crippen molar-refractivity contribution < 1.29 is 28.6 Å². The van der Waals surface area contributed by atoms with E-state index >= 15 is 0 Å². The molecule has 2 aromatic carbocycles. The zero-order valence-corrected chi connectivity index (χ0v) is 19.3. The molecule has 8 heteroatoms. The van der Waals surface area contributed by atoms with Crippen molar-refractivity contribution in [3.63, 3.8) is 0 Å². The first-order chi connectivity index (χ1) is 15.9. The first-order valence-corrected chi connectivity index (χ1v) is 11.0. The molecule has 0 saturated heterocycles. The fraction of sp³-hybridized carbons (Fsp3) is 0.400. The van der Waals surface area contributed by atoms with Crippen LogP contribution in [0.4, 0.5) is 5.69 Å². The Morgan fingerprint density at radius 1 is 0.939 bits per heavy atom. The molecule has 0 spiro atoms. The number of hydrogen-bond donors (Lipinski definition) is 1. The first kappa shape index (κ1) is 24.1. The summed E-state index contributed by atoms with van der Waals surface area (Å²) in [6.45, 7) is -0.264. The Morgan fingerprint density at radius 2 is 1.61 bits per heavy atom. The Morgan fingerprint density at radius 3 is 2.24 bits per heavy atom. The van der Waals surface area contributed by atoms with Gasteiger partial charge in [0.05, 0.1) is 14.2 Å². The minimum atomic E-state index is -0.522. The highest BCUT2D eigenvalue weighted by Gasteiger charge is 2.23. The van der Waals surface area contributed by atoms with Crippen LogP contribution in [-0.4, -0.2) is 56.6 Å². The number of amides is 2. The van der Waals surface area contributed by atoms with E-state index in [1.807, 2.05) is 11.9 Å². The van der Waals surface area contributed by atoms with E-state index in [9.17, 15) is 14.4 Å². The molecule has 1 N–H and O–H groups in total. The third-order valence-corrected chi connectivity index (χ3v) is 5.83. The number of hydrogen-bond acceptors (Lipinski definition) is 6. The Kier molecular flexibility index (Phi) is 8.29. The van der Waals surface area contributed by atoms with Gasteiger partial charge in [-0.2, -0.15) is 0 Å². The molecule has 0 heterocycles. The summed E-state index contributed by atoms with van der Waals surface area (Å²) >= 11 is 0. The Bertz CT molecular complexity index is 983. The van der Waals surface area contributed by atoms with E-state index in [1.54, 1.807) is 36.4 Å². The molecule has 8 nitrogen and oxygen atoms in total. The minimum Gasteiger partial charge on any atom is -0.493 e. The SMILES string of the molecule is COC(=O)COc1ccc(C(=O)Nc2ccc(C(=O)N(C)C3CCCCC3)cc2)cc1OC. The van der Waals surface area contributed by atoms with Gasteiger partial charge in [0.25, 0.3) is 11.8 Å². The lowest BCUT2D eigenvalue weighted by molar-refractivity contribution is -0.142. The van der Waals surface area contributed by atoms with Gasteiger partial charge in [0.15, 0.2) is 18.1 Å². The number of benzene rings is 2. The summed E-state index contributed by atoms with van der Waals surface area (Å²) in [6, 6.07) is 11.8. The fourth-order valence-corrected chi connectivity index (χ4v) is 3.86. The third kappa shape index (κ3) is 6.25. The van der Waals surface area contributed by atoms with Crippen LogP contribution in [0.1, 0.15) is 52.8 Å². The first-order valence-electron chi connectivity index (χ1n) is 11.0. The fourth-order valence-electron chi connectivity index (χ4n) is 3.86. The molecule has 0 bridgehead atoms. The number of esters is 1. The van der Waals surface area contributed by atoms with Crippen LogP contribution in [-0.2, 0) is 9.53 Å². The Labute approximate surface area is 193 Å². The van der Waals surface area contributed by atoms with Crippen LogP contribution in [0.2, 0.25) is 0 Å². The predicted octanol–water partition coefficient (Wildman–Crippen LogP) is 3.90. The van der Waals surface area contributed by atoms with Gasteiger partial charge in [0.2, 0.25) is 0 Å². The van der Waals surface area contributed by atoms with Crippen molar-refractivity contribution in [1.82, 2.24) is 4.90 Å². The van der Waals surface area contributed by atoms with E-state index in [0.29, 0.717) is 34.4 Å². The molecule has 0 unspecified atom stereocenters. The monoisotopic (exact) mass is 454 g/mol. The van der Waals surface area contributed by atoms with Gasteiger partial charge in [0.1, 0.15) is 0 Å². The predicted molar refractivity (Wildman–Crippen MR) is 124 cm³/mol. The molecule has 2 amide bonds. The molecule has 0 atom stereocenters. The van der Waals surface area contributed by atoms with E-state index in [0.717, 1.165) is 25.7 Å². The summed E-state index contributed by atoms with van der Waals surface area (Å²) in [5.74, 6) is -0.230. The lowest BCUT2D eigenvalue weighted by Gasteiger charge is -2.31. The van der Waals surface area contributed by atoms with E-state index in [4.69, 9.17) is 9.47 Å². The number of anilines is 1. The third-order valence-electron chi connectivity index (χ3n) is 5.83. The molecule has 1 fully saturated rings. The highest BCUT2D eigenvalue weighted by Crippen LogP contribution is 2.28. The molecule has 3 rings (SSSR count). The second-order valence-corrected chi connectivity index (χ2v) is 7.97. The van der Waals surface area contributed by atoms with Gasteiger partial charge in [0, 0.05) is 29.9 Å². The molecule has 0 aromatic heterocycles. The molecule has 0 aliphatic heterocycles. The lowest BCUT2D eigenvalue weighted by Crippen LogP contribution is -2.38. The average Bonchev–Trinajstić information content (AvgIpc) is 2.87. The van der Waals surface area contributed by atoms with Gasteiger partial charge >= 0.3 is 5.97 Å². The van der Waals surface area contributed by atoms with Gasteiger partial charge < -0.3 is 24.4 Å². The molecule has 0 radical (unpaired) electrons. The van der Waals surface area contributed by atoms with Gasteiger partial charge in [-0.15, -0.1) is 0 Å². The van der Waals surface area contributed by atoms with Crippen molar-refractivity contribution in [1.29, 1.82) is 0 Å². The highest BCUT2D eigenvalue weighted by atomic mass is 16.6. The quantitative estimate of drug-likeness (QED) is 0.608. The summed E-state index contributed by atoms with van der Waals surface area (Å²) < 4.78 is 15.2. The van der Waals surface area contributed by atoms with Crippen LogP contribution in [0, 0.1) is 0 Å². The smallest absolute Gasteiger partial charge is 0.343 e. The van der Waals surface area contributed by atoms with E-state index < -0.39 is 5.97 Å². The van der Waals surface area contributed by atoms with Crippen molar-refractivity contribution in [2.24, 2.45) is 0 Å². The van der Waals surface area contributed by atoms with Gasteiger partial charge in [-0.05, 0) is 55.3 Å². The maximum Gasteiger partial charge on any atom is 0.343 e. The lowest BCUT2D eigenvalue weighted by atomic mass is 9.94. The number of nitrogens with zero attached hydrogens (tertiary/aromatic N) is 1. The standard InChI is InChI=1S/C25H30N2O6/c1-27(20-7-5-4-6-8-20)25(30)17-9-12-19(13-10-17)26-24(29)18-11-14-21(22(15-18)31-2)33-16-23(28)32-3/h9-15,20H,4-8,16H2,1-3H3,(H,26,29). The second kappa shape index (κ2) is 11.4. The number of nitrogens with one attached hydrogen (secondary N) is 1. The van der Waals surface area contributed by atoms with Crippen LogP contribution in [0.15, 0.2) is 42.5 Å². The maximum absolute atomic E-state index is 12.8. The molecule has 176 valence electrons. The molecular formula is C25H30N2O6. The Balaban J connectivity index is 1.63. The van der Waals surface area contributed by atoms with Gasteiger partial charge in [-0.1, -0.05) is 19.3 Å². The maximum atomic E-state index is 12.8. The minimum absolute atomic E-state index is 0.00736. The average molecular weight is 455 g/mol. The summed E-state index contributed by atoms with van der Waals surface area (Å²) in [5.41, 5.74) is 1.52. The van der Waals surface area contributed by atoms with Crippen molar-refractivity contribution in [2.45, 2.75) is 38.1 Å². The summed E-state index contributed by atoms with van der Waals surface area (Å²) in [4.78, 5) is 38.6. The number of ether oxygens (including phenoxy) is 3. The van der Waals surface area contributed by atoms with Crippen molar-refractivity contribution >= 4 is 23.5 Å². The van der Waals surface area contributed by atoms with E-state index in [1.165, 1.54) is 26.7 Å². The zero-order valence-electron chi connectivity index (χ0n) is 19.3. The van der Waals surface area contributed by atoms with Crippen LogP contribution < -0.4 is 14.8 Å². The number of methoxy groups -OCH3 is 2. The molecule has 2 aromatic rings. The van der Waals surface area contributed by atoms with Gasteiger partial charge in [-0.25, -0.2) is 4.79 Å². The van der Waals surface area contributed by atoms with Gasteiger partial charge in [-0.3, -0.25) is 9.59 Å². The number of rotatable bonds is 8. The number of carbonyl (C=O) groups is 3. The topological polar surface area (TPSA) is 94.2 Å². The van der Waals surface area contributed by atoms with Crippen LogP contribution in [0.3, 0.4) is 0 Å². The molecular weight excluding hydrogens is 424 g/mol. The molecule has 33 heavy (non-hydrogen) atoms. The van der Waals surface area contributed by atoms with Crippen molar-refractivity contribution in [2.75, 3.05) is 33.2 Å². The summed E-state index contributed by atoms with van der Waals surface area (Å²) in [6.07, 6.45) is 5.66. The van der Waals surface area contributed by atoms with Crippen LogP contribution in [0.25, 0.3) is 0 Å². The van der Waals surface area contributed by atoms with Crippen molar-refractivity contribution in [3.8, 4) is 11.5 Å². The highest BCUT2D eigenvalue weighted by molar-refractivity contribution is 6.05. The normalized spacial score (nSPS) is 13.7. The molecule has 1 aliphatic carbocycles. The largest absolute Gasteiger partial charge is 0.493 e. The zero-order chi connectivity index (χ0) is 23.8. The van der Waals surface area contributed by atoms with Crippen LogP contribution in [0.5, 0.6) is 11.5 Å².